The number of pyridine rings is 1. The van der Waals surface area contributed by atoms with Crippen molar-refractivity contribution < 1.29 is 0 Å². The molecule has 0 saturated carbocycles. The number of hydrogen-bond donors (Lipinski definition) is 1. The van der Waals surface area contributed by atoms with Crippen LogP contribution in [-0.2, 0) is 14.1 Å². The zero-order chi connectivity index (χ0) is 24.8. The molecule has 0 saturated heterocycles. The molecule has 0 fully saturated rings. The second-order valence-corrected chi connectivity index (χ2v) is 8.78. The van der Waals surface area contributed by atoms with E-state index in [9.17, 15) is 0 Å². The Hall–Kier alpha value is -4.57. The maximum absolute atomic E-state index is 6.26. The molecule has 0 atom stereocenters. The lowest BCUT2D eigenvalue weighted by molar-refractivity contribution is 0.743. The molecule has 0 aliphatic rings. The van der Waals surface area contributed by atoms with Crippen LogP contribution in [0.25, 0.3) is 39.5 Å². The molecule has 6 rings (SSSR count). The summed E-state index contributed by atoms with van der Waals surface area (Å²) in [5.74, 6) is 1.99. The number of rotatable bonds is 5. The van der Waals surface area contributed by atoms with Crippen molar-refractivity contribution in [2.45, 2.75) is 6.92 Å². The maximum atomic E-state index is 6.26. The Labute approximate surface area is 211 Å². The third-order valence-corrected chi connectivity index (χ3v) is 6.31. The highest BCUT2D eigenvalue weighted by Crippen LogP contribution is 2.34. The lowest BCUT2D eigenvalue weighted by atomic mass is 10.1. The van der Waals surface area contributed by atoms with Crippen molar-refractivity contribution in [1.29, 1.82) is 0 Å². The van der Waals surface area contributed by atoms with Crippen LogP contribution in [0.5, 0.6) is 0 Å². The topological polar surface area (TPSA) is 104 Å². The number of halogens is 1. The lowest BCUT2D eigenvalue weighted by Gasteiger charge is -2.07. The Kier molecular flexibility index (Phi) is 5.23. The van der Waals surface area contributed by atoms with Gasteiger partial charge in [0, 0.05) is 54.4 Å². The molecule has 1 N–H and O–H groups in total. The average molecular weight is 497 g/mol. The Balaban J connectivity index is 1.40. The summed E-state index contributed by atoms with van der Waals surface area (Å²) in [6.45, 7) is 2.02. The predicted octanol–water partition coefficient (Wildman–Crippen LogP) is 4.69. The minimum atomic E-state index is 0.482. The van der Waals surface area contributed by atoms with Gasteiger partial charge in [-0.15, -0.1) is 10.2 Å². The Morgan fingerprint density at radius 2 is 1.81 bits per heavy atom. The number of aryl methyl sites for hydroxylation is 2. The summed E-state index contributed by atoms with van der Waals surface area (Å²) >= 11 is 6.26. The monoisotopic (exact) mass is 496 g/mol. The van der Waals surface area contributed by atoms with Crippen molar-refractivity contribution >= 4 is 29.0 Å². The first-order chi connectivity index (χ1) is 17.5. The van der Waals surface area contributed by atoms with Gasteiger partial charge in [0.25, 0.3) is 0 Å². The molecule has 178 valence electrons. The first-order valence-corrected chi connectivity index (χ1v) is 11.6. The van der Waals surface area contributed by atoms with Crippen molar-refractivity contribution in [2.75, 3.05) is 5.32 Å². The molecular formula is C25H21ClN10. The molecule has 0 radical (unpaired) electrons. The van der Waals surface area contributed by atoms with Crippen LogP contribution in [-0.4, -0.2) is 44.1 Å². The second-order valence-electron chi connectivity index (χ2n) is 8.34. The van der Waals surface area contributed by atoms with Gasteiger partial charge in [-0.2, -0.15) is 10.2 Å². The fourth-order valence-electron chi connectivity index (χ4n) is 4.13. The molecular weight excluding hydrogens is 476 g/mol. The van der Waals surface area contributed by atoms with E-state index in [2.05, 4.69) is 30.6 Å². The van der Waals surface area contributed by atoms with Gasteiger partial charge < -0.3 is 5.32 Å². The van der Waals surface area contributed by atoms with Gasteiger partial charge in [-0.05, 0) is 37.3 Å². The van der Waals surface area contributed by atoms with Gasteiger partial charge in [0.15, 0.2) is 11.5 Å². The minimum absolute atomic E-state index is 0.482. The Morgan fingerprint density at radius 3 is 2.61 bits per heavy atom. The van der Waals surface area contributed by atoms with E-state index in [0.717, 1.165) is 39.6 Å². The normalized spacial score (nSPS) is 11.3. The number of hydrogen-bond acceptors (Lipinski definition) is 7. The number of benzene rings is 1. The van der Waals surface area contributed by atoms with Crippen molar-refractivity contribution in [3.63, 3.8) is 0 Å². The molecule has 0 spiro atoms. The molecule has 0 unspecified atom stereocenters. The highest BCUT2D eigenvalue weighted by atomic mass is 35.5. The quantitative estimate of drug-likeness (QED) is 0.369. The van der Waals surface area contributed by atoms with Crippen molar-refractivity contribution in [3.8, 4) is 33.9 Å². The van der Waals surface area contributed by atoms with Gasteiger partial charge >= 0.3 is 0 Å². The molecule has 10 nitrogen and oxygen atoms in total. The van der Waals surface area contributed by atoms with Crippen molar-refractivity contribution in [3.05, 3.63) is 77.8 Å². The van der Waals surface area contributed by atoms with Crippen LogP contribution in [0, 0.1) is 6.92 Å². The molecule has 0 amide bonds. The van der Waals surface area contributed by atoms with Crippen LogP contribution in [0.4, 0.5) is 11.8 Å². The third kappa shape index (κ3) is 3.77. The largest absolute Gasteiger partial charge is 0.309 e. The molecule has 5 aromatic heterocycles. The number of nitrogens with zero attached hydrogens (tertiary/aromatic N) is 9. The first kappa shape index (κ1) is 21.9. The highest BCUT2D eigenvalue weighted by molar-refractivity contribution is 6.30. The van der Waals surface area contributed by atoms with Crippen LogP contribution < -0.4 is 5.32 Å². The summed E-state index contributed by atoms with van der Waals surface area (Å²) in [5, 5.41) is 21.7. The molecule has 0 aliphatic carbocycles. The molecule has 6 aromatic rings. The number of nitrogens with one attached hydrogen (secondary N) is 1. The molecule has 0 aliphatic heterocycles. The van der Waals surface area contributed by atoms with Crippen LogP contribution in [0.3, 0.4) is 0 Å². The third-order valence-electron chi connectivity index (χ3n) is 6.08. The SMILES string of the molecule is Cc1c(-c2nnc3cc(-c4ccnc(Nc5ccnn5C)n4)ccn23)c(-c2cccc(Cl)c2)nn1C. The molecule has 11 heteroatoms. The van der Waals surface area contributed by atoms with E-state index in [1.165, 1.54) is 0 Å². The number of anilines is 2. The van der Waals surface area contributed by atoms with E-state index >= 15 is 0 Å². The summed E-state index contributed by atoms with van der Waals surface area (Å²) in [7, 11) is 3.77. The first-order valence-electron chi connectivity index (χ1n) is 11.2. The minimum Gasteiger partial charge on any atom is -0.309 e. The smallest absolute Gasteiger partial charge is 0.228 e. The van der Waals surface area contributed by atoms with Crippen molar-refractivity contribution in [2.24, 2.45) is 14.1 Å². The molecule has 1 aromatic carbocycles. The van der Waals surface area contributed by atoms with Crippen LogP contribution >= 0.6 is 11.6 Å². The van der Waals surface area contributed by atoms with Gasteiger partial charge in [-0.25, -0.2) is 9.97 Å². The van der Waals surface area contributed by atoms with E-state index in [-0.39, 0.29) is 0 Å². The average Bonchev–Trinajstić information content (AvgIpc) is 3.56. The van der Waals surface area contributed by atoms with E-state index in [4.69, 9.17) is 16.7 Å². The summed E-state index contributed by atoms with van der Waals surface area (Å²) in [5.41, 5.74) is 5.97. The summed E-state index contributed by atoms with van der Waals surface area (Å²) in [6.07, 6.45) is 5.38. The fraction of sp³-hybridized carbons (Fsp3) is 0.120. The molecule has 5 heterocycles. The fourth-order valence-corrected chi connectivity index (χ4v) is 4.32. The van der Waals surface area contributed by atoms with E-state index in [0.29, 0.717) is 22.4 Å². The zero-order valence-electron chi connectivity index (χ0n) is 19.8. The van der Waals surface area contributed by atoms with Crippen LogP contribution in [0.2, 0.25) is 5.02 Å². The summed E-state index contributed by atoms with van der Waals surface area (Å²) in [4.78, 5) is 8.99. The maximum Gasteiger partial charge on any atom is 0.228 e. The van der Waals surface area contributed by atoms with Gasteiger partial charge in [0.1, 0.15) is 11.5 Å². The predicted molar refractivity (Wildman–Crippen MR) is 138 cm³/mol. The van der Waals surface area contributed by atoms with Gasteiger partial charge in [-0.1, -0.05) is 23.7 Å². The molecule has 0 bridgehead atoms. The lowest BCUT2D eigenvalue weighted by Crippen LogP contribution is -2.03. The highest BCUT2D eigenvalue weighted by Gasteiger charge is 2.21. The van der Waals surface area contributed by atoms with Crippen LogP contribution in [0.15, 0.2) is 67.1 Å². The Bertz CT molecular complexity index is 1730. The van der Waals surface area contributed by atoms with Gasteiger partial charge in [0.2, 0.25) is 5.95 Å². The van der Waals surface area contributed by atoms with Crippen molar-refractivity contribution in [1.82, 2.24) is 44.1 Å². The second kappa shape index (κ2) is 8.58. The Morgan fingerprint density at radius 1 is 0.917 bits per heavy atom. The standard InChI is InChI=1S/C25H21ClN10/c1-15-22(23(33-34(15)2)17-5-4-6-18(26)13-17)24-32-31-21-14-16(9-12-36(21)24)19-7-10-27-25(29-19)30-20-8-11-28-35(20)3/h4-14H,1-3H3,(H,27,29,30). The number of aromatic nitrogens is 9. The number of fused-ring (bicyclic) bond motifs is 1. The van der Waals surface area contributed by atoms with E-state index < -0.39 is 0 Å². The van der Waals surface area contributed by atoms with Gasteiger partial charge in [0.05, 0.1) is 17.5 Å². The summed E-state index contributed by atoms with van der Waals surface area (Å²) < 4.78 is 5.52. The summed E-state index contributed by atoms with van der Waals surface area (Å²) in [6, 6.07) is 15.3. The molecule has 36 heavy (non-hydrogen) atoms. The van der Waals surface area contributed by atoms with E-state index in [1.807, 2.05) is 84.8 Å². The van der Waals surface area contributed by atoms with E-state index in [1.54, 1.807) is 17.1 Å². The zero-order valence-corrected chi connectivity index (χ0v) is 20.5. The van der Waals surface area contributed by atoms with Crippen LogP contribution in [0.1, 0.15) is 5.69 Å². The van der Waals surface area contributed by atoms with Gasteiger partial charge in [-0.3, -0.25) is 13.8 Å².